The van der Waals surface area contributed by atoms with Crippen LogP contribution in [0.15, 0.2) is 6.07 Å². The zero-order valence-electron chi connectivity index (χ0n) is 12.0. The van der Waals surface area contributed by atoms with Crippen molar-refractivity contribution in [3.63, 3.8) is 0 Å². The van der Waals surface area contributed by atoms with E-state index in [1.54, 1.807) is 0 Å². The Bertz CT molecular complexity index is 456. The Morgan fingerprint density at radius 2 is 2.20 bits per heavy atom. The van der Waals surface area contributed by atoms with Gasteiger partial charge in [0.25, 0.3) is 0 Å². The fraction of sp³-hybridized carbons (Fsp3) is 0.643. The molecule has 2 heterocycles. The van der Waals surface area contributed by atoms with Gasteiger partial charge in [0.15, 0.2) is 23.3 Å². The second-order valence-electron chi connectivity index (χ2n) is 4.88. The van der Waals surface area contributed by atoms with Gasteiger partial charge in [-0.3, -0.25) is 0 Å². The Morgan fingerprint density at radius 1 is 1.40 bits per heavy atom. The second-order valence-corrected chi connectivity index (χ2v) is 4.88. The molecule has 1 fully saturated rings. The molecule has 0 aliphatic carbocycles. The smallest absolute Gasteiger partial charge is 0.168 e. The third kappa shape index (κ3) is 3.17. The summed E-state index contributed by atoms with van der Waals surface area (Å²) in [6.45, 7) is 6.25. The predicted molar refractivity (Wildman–Crippen MR) is 75.2 cm³/mol. The van der Waals surface area contributed by atoms with Crippen molar-refractivity contribution in [2.75, 3.05) is 36.5 Å². The summed E-state index contributed by atoms with van der Waals surface area (Å²) in [7, 11) is 0. The number of nitrogens with one attached hydrogen (secondary N) is 1. The minimum Gasteiger partial charge on any atom is -0.377 e. The summed E-state index contributed by atoms with van der Waals surface area (Å²) in [5.41, 5.74) is 0. The molecule has 0 aromatic carbocycles. The molecule has 1 saturated heterocycles. The minimum absolute atomic E-state index is 0.0789. The molecule has 112 valence electrons. The Balaban J connectivity index is 2.29. The van der Waals surface area contributed by atoms with E-state index in [1.807, 2.05) is 18.7 Å². The van der Waals surface area contributed by atoms with Gasteiger partial charge in [-0.15, -0.1) is 0 Å². The standard InChI is InChI=1S/C14H21F2N3O/c1-3-5-17-13-11(15)8-12(16)14(18-13)19-6-7-20-9-10(19)4-2/h8,10H,3-7,9H2,1-2H3,(H,17,18). The lowest BCUT2D eigenvalue weighted by Crippen LogP contribution is -2.46. The van der Waals surface area contributed by atoms with E-state index in [9.17, 15) is 8.78 Å². The number of aromatic nitrogens is 1. The average Bonchev–Trinajstić information content (AvgIpc) is 2.46. The molecule has 1 aromatic heterocycles. The van der Waals surface area contributed by atoms with E-state index < -0.39 is 11.6 Å². The first-order chi connectivity index (χ1) is 9.67. The SMILES string of the molecule is CCCNc1nc(N2CCOCC2CC)c(F)cc1F. The molecule has 1 unspecified atom stereocenters. The number of rotatable bonds is 5. The van der Waals surface area contributed by atoms with Crippen molar-refractivity contribution >= 4 is 11.6 Å². The maximum atomic E-state index is 14.0. The zero-order valence-corrected chi connectivity index (χ0v) is 12.0. The average molecular weight is 285 g/mol. The third-order valence-electron chi connectivity index (χ3n) is 3.42. The van der Waals surface area contributed by atoms with Crippen molar-refractivity contribution in [2.24, 2.45) is 0 Å². The van der Waals surface area contributed by atoms with E-state index in [4.69, 9.17) is 4.74 Å². The number of halogens is 2. The monoisotopic (exact) mass is 285 g/mol. The predicted octanol–water partition coefficient (Wildman–Crippen LogP) is 2.80. The summed E-state index contributed by atoms with van der Waals surface area (Å²) in [6, 6.07) is 0.984. The fourth-order valence-corrected chi connectivity index (χ4v) is 2.30. The molecule has 1 N–H and O–H groups in total. The molecule has 1 aliphatic rings. The molecule has 0 saturated carbocycles. The first-order valence-electron chi connectivity index (χ1n) is 7.11. The molecule has 4 nitrogen and oxygen atoms in total. The Morgan fingerprint density at radius 3 is 2.90 bits per heavy atom. The number of morpholine rings is 1. The fourth-order valence-electron chi connectivity index (χ4n) is 2.30. The maximum absolute atomic E-state index is 14.0. The van der Waals surface area contributed by atoms with E-state index in [1.165, 1.54) is 0 Å². The van der Waals surface area contributed by atoms with Gasteiger partial charge < -0.3 is 15.0 Å². The van der Waals surface area contributed by atoms with E-state index in [0.717, 1.165) is 18.9 Å². The van der Waals surface area contributed by atoms with Crippen LogP contribution in [-0.4, -0.2) is 37.3 Å². The highest BCUT2D eigenvalue weighted by atomic mass is 19.1. The maximum Gasteiger partial charge on any atom is 0.168 e. The van der Waals surface area contributed by atoms with Crippen LogP contribution in [0.2, 0.25) is 0 Å². The molecule has 1 atom stereocenters. The normalized spacial score (nSPS) is 19.2. The van der Waals surface area contributed by atoms with Crippen LogP contribution in [0.3, 0.4) is 0 Å². The lowest BCUT2D eigenvalue weighted by molar-refractivity contribution is 0.0921. The van der Waals surface area contributed by atoms with Gasteiger partial charge in [0.2, 0.25) is 0 Å². The Labute approximate surface area is 118 Å². The summed E-state index contributed by atoms with van der Waals surface area (Å²) in [6.07, 6.45) is 1.68. The number of ether oxygens (including phenoxy) is 1. The molecular weight excluding hydrogens is 264 g/mol. The summed E-state index contributed by atoms with van der Waals surface area (Å²) in [5.74, 6) is -0.948. The van der Waals surface area contributed by atoms with Gasteiger partial charge in [0.05, 0.1) is 19.3 Å². The van der Waals surface area contributed by atoms with Crippen molar-refractivity contribution in [3.05, 3.63) is 17.7 Å². The van der Waals surface area contributed by atoms with Crippen LogP contribution in [0.25, 0.3) is 0 Å². The molecule has 1 aromatic rings. The molecule has 0 amide bonds. The van der Waals surface area contributed by atoms with Crippen LogP contribution in [0.4, 0.5) is 20.4 Å². The lowest BCUT2D eigenvalue weighted by atomic mass is 10.1. The molecule has 20 heavy (non-hydrogen) atoms. The number of nitrogens with zero attached hydrogens (tertiary/aromatic N) is 2. The van der Waals surface area contributed by atoms with Gasteiger partial charge in [-0.1, -0.05) is 13.8 Å². The van der Waals surface area contributed by atoms with Crippen LogP contribution >= 0.6 is 0 Å². The van der Waals surface area contributed by atoms with Crippen LogP contribution in [0.1, 0.15) is 26.7 Å². The van der Waals surface area contributed by atoms with Crippen molar-refractivity contribution < 1.29 is 13.5 Å². The largest absolute Gasteiger partial charge is 0.377 e. The van der Waals surface area contributed by atoms with E-state index in [2.05, 4.69) is 10.3 Å². The van der Waals surface area contributed by atoms with Crippen LogP contribution < -0.4 is 10.2 Å². The highest BCUT2D eigenvalue weighted by Gasteiger charge is 2.26. The summed E-state index contributed by atoms with van der Waals surface area (Å²) in [5, 5.41) is 2.89. The van der Waals surface area contributed by atoms with Crippen molar-refractivity contribution in [1.82, 2.24) is 4.98 Å². The first-order valence-corrected chi connectivity index (χ1v) is 7.11. The molecule has 2 rings (SSSR count). The highest BCUT2D eigenvalue weighted by molar-refractivity contribution is 5.50. The molecular formula is C14H21F2N3O. The Hall–Kier alpha value is -1.43. The van der Waals surface area contributed by atoms with Gasteiger partial charge in [-0.2, -0.15) is 0 Å². The molecule has 0 radical (unpaired) electrons. The minimum atomic E-state index is -0.652. The number of pyridine rings is 1. The van der Waals surface area contributed by atoms with Gasteiger partial charge in [0.1, 0.15) is 0 Å². The van der Waals surface area contributed by atoms with Gasteiger partial charge in [-0.25, -0.2) is 13.8 Å². The summed E-state index contributed by atoms with van der Waals surface area (Å²) in [4.78, 5) is 6.01. The van der Waals surface area contributed by atoms with Crippen LogP contribution in [0, 0.1) is 11.6 Å². The number of anilines is 2. The van der Waals surface area contributed by atoms with Crippen molar-refractivity contribution in [3.8, 4) is 0 Å². The first kappa shape index (κ1) is 15.0. The van der Waals surface area contributed by atoms with Gasteiger partial charge >= 0.3 is 0 Å². The van der Waals surface area contributed by atoms with Crippen LogP contribution in [0.5, 0.6) is 0 Å². The third-order valence-corrected chi connectivity index (χ3v) is 3.42. The van der Waals surface area contributed by atoms with Crippen LogP contribution in [-0.2, 0) is 4.74 Å². The molecule has 0 bridgehead atoms. The van der Waals surface area contributed by atoms with E-state index >= 15 is 0 Å². The van der Waals surface area contributed by atoms with E-state index in [-0.39, 0.29) is 17.7 Å². The topological polar surface area (TPSA) is 37.4 Å². The number of hydrogen-bond acceptors (Lipinski definition) is 4. The van der Waals surface area contributed by atoms with Crippen molar-refractivity contribution in [1.29, 1.82) is 0 Å². The van der Waals surface area contributed by atoms with Gasteiger partial charge in [-0.05, 0) is 12.8 Å². The van der Waals surface area contributed by atoms with Crippen molar-refractivity contribution in [2.45, 2.75) is 32.7 Å². The highest BCUT2D eigenvalue weighted by Crippen LogP contribution is 2.26. The molecule has 1 aliphatic heterocycles. The lowest BCUT2D eigenvalue weighted by Gasteiger charge is -2.36. The molecule has 0 spiro atoms. The Kier molecular flexibility index (Phi) is 5.11. The van der Waals surface area contributed by atoms with E-state index in [0.29, 0.717) is 26.3 Å². The zero-order chi connectivity index (χ0) is 14.5. The molecule has 6 heteroatoms. The summed E-state index contributed by atoms with van der Waals surface area (Å²) < 4.78 is 33.1. The quantitative estimate of drug-likeness (QED) is 0.902. The van der Waals surface area contributed by atoms with Gasteiger partial charge in [0, 0.05) is 19.2 Å². The summed E-state index contributed by atoms with van der Waals surface area (Å²) >= 11 is 0. The second kappa shape index (κ2) is 6.83. The number of hydrogen-bond donors (Lipinski definition) is 1.